The van der Waals surface area contributed by atoms with E-state index in [4.69, 9.17) is 12.6 Å². The fourth-order valence-corrected chi connectivity index (χ4v) is 5.94. The lowest BCUT2D eigenvalue weighted by molar-refractivity contribution is 0.612. The first kappa shape index (κ1) is 22.3. The summed E-state index contributed by atoms with van der Waals surface area (Å²) >= 11 is 6.54. The molecule has 0 saturated carbocycles. The Morgan fingerprint density at radius 1 is 0.906 bits per heavy atom. The van der Waals surface area contributed by atoms with Gasteiger partial charge < -0.3 is 0 Å². The highest BCUT2D eigenvalue weighted by Gasteiger charge is 2.41. The van der Waals surface area contributed by atoms with Crippen molar-refractivity contribution < 1.29 is 4.39 Å². The molecule has 0 amide bonds. The molecule has 0 bridgehead atoms. The minimum absolute atomic E-state index is 0.150. The Morgan fingerprint density at radius 3 is 1.88 bits per heavy atom. The summed E-state index contributed by atoms with van der Waals surface area (Å²) < 4.78 is 14.6. The zero-order valence-electron chi connectivity index (χ0n) is 18.0. The van der Waals surface area contributed by atoms with Crippen molar-refractivity contribution in [3.63, 3.8) is 0 Å². The summed E-state index contributed by atoms with van der Waals surface area (Å²) in [6.45, 7) is 6.16. The summed E-state index contributed by atoms with van der Waals surface area (Å²) in [7, 11) is 0. The summed E-state index contributed by atoms with van der Waals surface area (Å²) in [5, 5.41) is 0. The van der Waals surface area contributed by atoms with Crippen LogP contribution in [0, 0.1) is 0 Å². The molecule has 4 aromatic rings. The van der Waals surface area contributed by atoms with E-state index in [0.29, 0.717) is 11.3 Å². The highest BCUT2D eigenvalue weighted by molar-refractivity contribution is 7.84. The predicted molar refractivity (Wildman–Crippen MR) is 140 cm³/mol. The largest absolute Gasteiger partial charge is 0.212 e. The van der Waals surface area contributed by atoms with Gasteiger partial charge in [0.2, 0.25) is 0 Å². The van der Waals surface area contributed by atoms with Crippen molar-refractivity contribution in [3.05, 3.63) is 136 Å². The maximum absolute atomic E-state index is 14.6. The van der Waals surface area contributed by atoms with E-state index in [1.807, 2.05) is 61.5 Å². The molecule has 0 N–H and O–H groups in total. The molecule has 0 saturated heterocycles. The maximum Gasteiger partial charge on any atom is 0.100 e. The molecule has 1 aromatic heterocycles. The highest BCUT2D eigenvalue weighted by Crippen LogP contribution is 2.51. The summed E-state index contributed by atoms with van der Waals surface area (Å²) in [5.41, 5.74) is 3.35. The van der Waals surface area contributed by atoms with Crippen molar-refractivity contribution in [2.45, 2.75) is 18.8 Å². The van der Waals surface area contributed by atoms with Crippen molar-refractivity contribution in [1.29, 1.82) is 0 Å². The standard InChI is InChI=1S/C29H25FS2/c1-3-26(30)19-23-20-27(22-13-7-4-8-14-22)32-28(23)29(21(2)31,24-15-9-5-10-16-24)25-17-11-6-12-18-25/h4-20,31H,2-3H2,1H3/b26-19+. The van der Waals surface area contributed by atoms with Gasteiger partial charge in [-0.3, -0.25) is 0 Å². The fourth-order valence-electron chi connectivity index (χ4n) is 4.09. The van der Waals surface area contributed by atoms with E-state index in [-0.39, 0.29) is 5.83 Å². The van der Waals surface area contributed by atoms with E-state index < -0.39 is 5.41 Å². The Balaban J connectivity index is 2.09. The van der Waals surface area contributed by atoms with Crippen LogP contribution in [0.3, 0.4) is 0 Å². The Bertz CT molecular complexity index is 1180. The molecule has 1 heterocycles. The van der Waals surface area contributed by atoms with Crippen LogP contribution in [-0.2, 0) is 5.41 Å². The third-order valence-corrected chi connectivity index (χ3v) is 7.31. The number of hydrogen-bond acceptors (Lipinski definition) is 2. The second kappa shape index (κ2) is 9.72. The van der Waals surface area contributed by atoms with Crippen LogP contribution in [0.2, 0.25) is 0 Å². The van der Waals surface area contributed by atoms with Gasteiger partial charge >= 0.3 is 0 Å². The first-order valence-electron chi connectivity index (χ1n) is 10.6. The Kier molecular flexibility index (Phi) is 6.78. The summed E-state index contributed by atoms with van der Waals surface area (Å²) in [6.07, 6.45) is 2.01. The lowest BCUT2D eigenvalue weighted by atomic mass is 9.72. The van der Waals surface area contributed by atoms with Gasteiger partial charge in [0.1, 0.15) is 5.83 Å². The number of thiophene rings is 1. The molecule has 0 radical (unpaired) electrons. The number of halogens is 1. The van der Waals surface area contributed by atoms with E-state index in [0.717, 1.165) is 32.0 Å². The van der Waals surface area contributed by atoms with Crippen molar-refractivity contribution in [2.24, 2.45) is 0 Å². The SMILES string of the molecule is C=C(S)C(c1ccccc1)(c1ccccc1)c1sc(-c2ccccc2)cc1/C=C(/F)CC. The normalized spacial score (nSPS) is 12.0. The van der Waals surface area contributed by atoms with Crippen LogP contribution in [0.4, 0.5) is 4.39 Å². The zero-order valence-corrected chi connectivity index (χ0v) is 19.7. The van der Waals surface area contributed by atoms with E-state index in [9.17, 15) is 4.39 Å². The summed E-state index contributed by atoms with van der Waals surface area (Å²) in [6, 6.07) is 32.8. The average molecular weight is 457 g/mol. The van der Waals surface area contributed by atoms with Gasteiger partial charge in [0.05, 0.1) is 5.41 Å². The molecular weight excluding hydrogens is 431 g/mol. The summed E-state index contributed by atoms with van der Waals surface area (Å²) in [5.74, 6) is -0.150. The molecule has 0 atom stereocenters. The predicted octanol–water partition coefficient (Wildman–Crippen LogP) is 8.91. The third kappa shape index (κ3) is 4.11. The number of thiol groups is 1. The lowest BCUT2D eigenvalue weighted by Gasteiger charge is -2.35. The van der Waals surface area contributed by atoms with Crippen molar-refractivity contribution in [2.75, 3.05) is 0 Å². The number of allylic oxidation sites excluding steroid dienone is 2. The quantitative estimate of drug-likeness (QED) is 0.264. The van der Waals surface area contributed by atoms with Gasteiger partial charge in [-0.2, -0.15) is 0 Å². The Labute approximate surface area is 199 Å². The molecule has 0 aliphatic heterocycles. The molecular formula is C29H25FS2. The molecule has 4 rings (SSSR count). The van der Waals surface area contributed by atoms with Gasteiger partial charge in [0.25, 0.3) is 0 Å². The molecule has 0 fully saturated rings. The smallest absolute Gasteiger partial charge is 0.100 e. The van der Waals surface area contributed by atoms with Crippen LogP contribution in [0.1, 0.15) is 34.9 Å². The first-order chi connectivity index (χ1) is 15.6. The van der Waals surface area contributed by atoms with E-state index in [2.05, 4.69) is 49.0 Å². The van der Waals surface area contributed by atoms with Gasteiger partial charge in [0, 0.05) is 9.75 Å². The molecule has 0 unspecified atom stereocenters. The van der Waals surface area contributed by atoms with Crippen molar-refractivity contribution in [3.8, 4) is 10.4 Å². The van der Waals surface area contributed by atoms with Gasteiger partial charge in [-0.25, -0.2) is 4.39 Å². The van der Waals surface area contributed by atoms with Crippen LogP contribution in [0.5, 0.6) is 0 Å². The molecule has 3 aromatic carbocycles. The second-order valence-electron chi connectivity index (χ2n) is 7.63. The van der Waals surface area contributed by atoms with Gasteiger partial charge in [0.15, 0.2) is 0 Å². The highest BCUT2D eigenvalue weighted by atomic mass is 32.1. The average Bonchev–Trinajstić information content (AvgIpc) is 3.25. The van der Waals surface area contributed by atoms with Crippen molar-refractivity contribution in [1.82, 2.24) is 0 Å². The Hall–Kier alpha value is -2.88. The topological polar surface area (TPSA) is 0 Å². The van der Waals surface area contributed by atoms with Gasteiger partial charge in [-0.05, 0) is 45.7 Å². The van der Waals surface area contributed by atoms with Crippen LogP contribution in [0.25, 0.3) is 16.5 Å². The van der Waals surface area contributed by atoms with Gasteiger partial charge in [-0.15, -0.1) is 24.0 Å². The van der Waals surface area contributed by atoms with Crippen LogP contribution >= 0.6 is 24.0 Å². The number of rotatable bonds is 7. The van der Waals surface area contributed by atoms with Crippen LogP contribution in [0.15, 0.2) is 114 Å². The second-order valence-corrected chi connectivity index (χ2v) is 9.23. The first-order valence-corrected chi connectivity index (χ1v) is 11.9. The number of benzene rings is 3. The number of hydrogen-bond donors (Lipinski definition) is 1. The molecule has 0 nitrogen and oxygen atoms in total. The maximum atomic E-state index is 14.6. The third-order valence-electron chi connectivity index (χ3n) is 5.66. The fraction of sp³-hybridized carbons (Fsp3) is 0.103. The molecule has 0 spiro atoms. The minimum Gasteiger partial charge on any atom is -0.212 e. The molecule has 3 heteroatoms. The van der Waals surface area contributed by atoms with Crippen molar-refractivity contribution >= 4 is 30.0 Å². The minimum atomic E-state index is -0.719. The van der Waals surface area contributed by atoms with E-state index in [1.54, 1.807) is 17.4 Å². The van der Waals surface area contributed by atoms with E-state index >= 15 is 0 Å². The zero-order chi connectivity index (χ0) is 22.6. The van der Waals surface area contributed by atoms with Gasteiger partial charge in [-0.1, -0.05) is 104 Å². The molecule has 32 heavy (non-hydrogen) atoms. The summed E-state index contributed by atoms with van der Waals surface area (Å²) in [4.78, 5) is 2.79. The van der Waals surface area contributed by atoms with E-state index in [1.165, 1.54) is 0 Å². The molecule has 0 aliphatic carbocycles. The molecule has 160 valence electrons. The van der Waals surface area contributed by atoms with Crippen LogP contribution < -0.4 is 0 Å². The monoisotopic (exact) mass is 456 g/mol. The molecule has 0 aliphatic rings. The van der Waals surface area contributed by atoms with Crippen LogP contribution in [-0.4, -0.2) is 0 Å². The Morgan fingerprint density at radius 2 is 1.41 bits per heavy atom. The lowest BCUT2D eigenvalue weighted by Crippen LogP contribution is -2.29.